The van der Waals surface area contributed by atoms with Gasteiger partial charge in [-0.3, -0.25) is 0 Å². The van der Waals surface area contributed by atoms with E-state index in [4.69, 9.17) is 10.5 Å². The molecular weight excluding hydrogens is 294 g/mol. The topological polar surface area (TPSA) is 52.3 Å². The Labute approximate surface area is 136 Å². The summed E-state index contributed by atoms with van der Waals surface area (Å²) in [6.45, 7) is 3.85. The van der Waals surface area contributed by atoms with E-state index >= 15 is 0 Å². The van der Waals surface area contributed by atoms with Gasteiger partial charge in [0, 0.05) is 16.2 Å². The number of hydrogen-bond donors (Lipinski definition) is 2. The summed E-state index contributed by atoms with van der Waals surface area (Å²) in [7, 11) is 0. The maximum absolute atomic E-state index is 11.8. The van der Waals surface area contributed by atoms with Crippen LogP contribution >= 0.6 is 12.6 Å². The molecule has 0 aromatic heterocycles. The Morgan fingerprint density at radius 3 is 2.55 bits per heavy atom. The molecule has 0 aliphatic rings. The van der Waals surface area contributed by atoms with Crippen LogP contribution in [0.4, 0.5) is 5.69 Å². The van der Waals surface area contributed by atoms with Crippen LogP contribution in [0, 0.1) is 0 Å². The van der Waals surface area contributed by atoms with Crippen molar-refractivity contribution >= 4 is 30.4 Å². The van der Waals surface area contributed by atoms with E-state index in [0.29, 0.717) is 22.8 Å². The molecule has 0 heterocycles. The van der Waals surface area contributed by atoms with E-state index in [1.54, 1.807) is 19.9 Å². The number of thiol groups is 1. The second kappa shape index (κ2) is 7.18. The van der Waals surface area contributed by atoms with Gasteiger partial charge in [0.2, 0.25) is 0 Å². The lowest BCUT2D eigenvalue weighted by atomic mass is 10.0. The third kappa shape index (κ3) is 3.71. The van der Waals surface area contributed by atoms with Crippen LogP contribution in [0.5, 0.6) is 0 Å². The van der Waals surface area contributed by atoms with E-state index in [1.165, 1.54) is 0 Å². The molecule has 0 atom stereocenters. The molecule has 2 aromatic carbocycles. The Morgan fingerprint density at radius 2 is 1.91 bits per heavy atom. The summed E-state index contributed by atoms with van der Waals surface area (Å²) in [4.78, 5) is 12.4. The average molecular weight is 313 g/mol. The molecular formula is C18H19NO2S. The maximum Gasteiger partial charge on any atom is 0.333 e. The van der Waals surface area contributed by atoms with E-state index in [0.717, 1.165) is 16.7 Å². The van der Waals surface area contributed by atoms with E-state index in [-0.39, 0.29) is 5.97 Å². The summed E-state index contributed by atoms with van der Waals surface area (Å²) >= 11 is 4.44. The van der Waals surface area contributed by atoms with Gasteiger partial charge >= 0.3 is 5.97 Å². The van der Waals surface area contributed by atoms with Crippen LogP contribution in [0.25, 0.3) is 17.2 Å². The third-order valence-electron chi connectivity index (χ3n) is 3.25. The van der Waals surface area contributed by atoms with E-state index in [1.807, 2.05) is 42.5 Å². The fraction of sp³-hybridized carbons (Fsp3) is 0.167. The summed E-state index contributed by atoms with van der Waals surface area (Å²) in [5.41, 5.74) is 9.98. The van der Waals surface area contributed by atoms with Gasteiger partial charge < -0.3 is 10.5 Å². The molecule has 0 fully saturated rings. The molecule has 0 aliphatic heterocycles. The van der Waals surface area contributed by atoms with Crippen molar-refractivity contribution in [2.24, 2.45) is 0 Å². The summed E-state index contributed by atoms with van der Waals surface area (Å²) in [5.74, 6) is -0.334. The van der Waals surface area contributed by atoms with Gasteiger partial charge in [-0.1, -0.05) is 30.3 Å². The monoisotopic (exact) mass is 313 g/mol. The van der Waals surface area contributed by atoms with E-state index < -0.39 is 0 Å². The molecule has 22 heavy (non-hydrogen) atoms. The van der Waals surface area contributed by atoms with Crippen molar-refractivity contribution in [1.29, 1.82) is 0 Å². The van der Waals surface area contributed by atoms with Crippen LogP contribution in [-0.2, 0) is 9.53 Å². The molecule has 0 amide bonds. The highest BCUT2D eigenvalue weighted by molar-refractivity contribution is 7.80. The predicted molar refractivity (Wildman–Crippen MR) is 93.8 cm³/mol. The number of hydrogen-bond acceptors (Lipinski definition) is 4. The largest absolute Gasteiger partial charge is 0.463 e. The Hall–Kier alpha value is -2.20. The molecule has 2 rings (SSSR count). The standard InChI is InChI=1S/C18H19NO2S/c1-3-21-18(20)12(2)9-15-10-14(11-16(19)17(15)22)13-7-5-4-6-8-13/h4-11,22H,3,19H2,1-2H3. The fourth-order valence-electron chi connectivity index (χ4n) is 2.12. The van der Waals surface area contributed by atoms with Crippen LogP contribution in [0.3, 0.4) is 0 Å². The number of nitrogens with two attached hydrogens (primary N) is 1. The highest BCUT2D eigenvalue weighted by atomic mass is 32.1. The smallest absolute Gasteiger partial charge is 0.333 e. The van der Waals surface area contributed by atoms with Crippen LogP contribution in [0.1, 0.15) is 19.4 Å². The molecule has 0 spiro atoms. The number of anilines is 1. The lowest BCUT2D eigenvalue weighted by Crippen LogP contribution is -2.05. The van der Waals surface area contributed by atoms with Gasteiger partial charge in [0.15, 0.2) is 0 Å². The van der Waals surface area contributed by atoms with Gasteiger partial charge in [0.25, 0.3) is 0 Å². The van der Waals surface area contributed by atoms with Crippen LogP contribution in [-0.4, -0.2) is 12.6 Å². The molecule has 0 aliphatic carbocycles. The van der Waals surface area contributed by atoms with Crippen molar-refractivity contribution in [3.8, 4) is 11.1 Å². The molecule has 4 heteroatoms. The lowest BCUT2D eigenvalue weighted by molar-refractivity contribution is -0.138. The van der Waals surface area contributed by atoms with Crippen LogP contribution in [0.15, 0.2) is 52.9 Å². The Kier molecular flexibility index (Phi) is 5.28. The number of ether oxygens (including phenoxy) is 1. The summed E-state index contributed by atoms with van der Waals surface area (Å²) in [5, 5.41) is 0. The summed E-state index contributed by atoms with van der Waals surface area (Å²) in [6.07, 6.45) is 1.75. The van der Waals surface area contributed by atoms with Crippen molar-refractivity contribution < 1.29 is 9.53 Å². The van der Waals surface area contributed by atoms with Gasteiger partial charge in [0.1, 0.15) is 0 Å². The van der Waals surface area contributed by atoms with Crippen LogP contribution < -0.4 is 5.73 Å². The number of carbonyl (C=O) groups is 1. The number of esters is 1. The highest BCUT2D eigenvalue weighted by Crippen LogP contribution is 2.31. The maximum atomic E-state index is 11.8. The molecule has 0 radical (unpaired) electrons. The van der Waals surface area contributed by atoms with Crippen molar-refractivity contribution in [2.45, 2.75) is 18.7 Å². The van der Waals surface area contributed by atoms with E-state index in [9.17, 15) is 4.79 Å². The van der Waals surface area contributed by atoms with Crippen molar-refractivity contribution in [2.75, 3.05) is 12.3 Å². The minimum absolute atomic E-state index is 0.334. The lowest BCUT2D eigenvalue weighted by Gasteiger charge is -2.10. The van der Waals surface area contributed by atoms with Gasteiger partial charge in [-0.25, -0.2) is 4.79 Å². The summed E-state index contributed by atoms with van der Waals surface area (Å²) in [6, 6.07) is 13.8. The Morgan fingerprint density at radius 1 is 1.23 bits per heavy atom. The quantitative estimate of drug-likeness (QED) is 0.385. The van der Waals surface area contributed by atoms with Crippen LogP contribution in [0.2, 0.25) is 0 Å². The van der Waals surface area contributed by atoms with E-state index in [2.05, 4.69) is 12.6 Å². The average Bonchev–Trinajstić information content (AvgIpc) is 2.52. The minimum Gasteiger partial charge on any atom is -0.463 e. The Bertz CT molecular complexity index is 709. The zero-order valence-electron chi connectivity index (χ0n) is 12.7. The number of nitrogen functional groups attached to an aromatic ring is 1. The molecule has 2 N–H and O–H groups in total. The molecule has 2 aromatic rings. The minimum atomic E-state index is -0.334. The van der Waals surface area contributed by atoms with Gasteiger partial charge in [-0.15, -0.1) is 12.6 Å². The SMILES string of the molecule is CCOC(=O)C(C)=Cc1cc(-c2ccccc2)cc(N)c1S. The van der Waals surface area contributed by atoms with Crippen molar-refractivity contribution in [3.63, 3.8) is 0 Å². The third-order valence-corrected chi connectivity index (χ3v) is 3.76. The second-order valence-electron chi connectivity index (χ2n) is 4.92. The zero-order chi connectivity index (χ0) is 16.1. The molecule has 0 saturated heterocycles. The predicted octanol–water partition coefficient (Wildman–Crippen LogP) is 4.19. The second-order valence-corrected chi connectivity index (χ2v) is 5.36. The van der Waals surface area contributed by atoms with Gasteiger partial charge in [-0.2, -0.15) is 0 Å². The molecule has 0 saturated carbocycles. The first-order valence-electron chi connectivity index (χ1n) is 7.06. The fourth-order valence-corrected chi connectivity index (χ4v) is 2.32. The highest BCUT2D eigenvalue weighted by Gasteiger charge is 2.09. The molecule has 0 unspecified atom stereocenters. The Balaban J connectivity index is 2.46. The first kappa shape index (κ1) is 16.2. The van der Waals surface area contributed by atoms with Crippen molar-refractivity contribution in [1.82, 2.24) is 0 Å². The number of benzene rings is 2. The van der Waals surface area contributed by atoms with Crippen molar-refractivity contribution in [3.05, 3.63) is 53.6 Å². The number of carbonyl (C=O) groups excluding carboxylic acids is 1. The zero-order valence-corrected chi connectivity index (χ0v) is 13.6. The first-order chi connectivity index (χ1) is 10.5. The van der Waals surface area contributed by atoms with Gasteiger partial charge in [-0.05, 0) is 48.7 Å². The normalized spacial score (nSPS) is 11.3. The first-order valence-corrected chi connectivity index (χ1v) is 7.51. The molecule has 0 bridgehead atoms. The molecule has 114 valence electrons. The van der Waals surface area contributed by atoms with Gasteiger partial charge in [0.05, 0.1) is 6.61 Å². The molecule has 3 nitrogen and oxygen atoms in total. The number of rotatable bonds is 4. The summed E-state index contributed by atoms with van der Waals surface area (Å²) < 4.78 is 5.00.